The zero-order chi connectivity index (χ0) is 73.2. The Morgan fingerprint density at radius 2 is 0.510 bits per heavy atom. The summed E-state index contributed by atoms with van der Waals surface area (Å²) in [6.45, 7) is 4.85. The topological polar surface area (TPSA) is 237 Å². The van der Waals surface area contributed by atoms with Crippen LogP contribution in [0.2, 0.25) is 0 Å². The fraction of sp³-hybridized carbons (Fsp3) is 0.827. The van der Waals surface area contributed by atoms with Gasteiger partial charge in [0.05, 0.1) is 26.4 Å². The van der Waals surface area contributed by atoms with Gasteiger partial charge < -0.3 is 33.8 Å². The van der Waals surface area contributed by atoms with Crippen molar-refractivity contribution in [3.8, 4) is 0 Å². The quantitative estimate of drug-likeness (QED) is 0.0169. The summed E-state index contributed by atoms with van der Waals surface area (Å²) in [5, 5.41) is 10.6. The molecule has 0 fully saturated rings. The molecular formula is C81H148O17P2. The average molecular weight is 1460 g/mol. The van der Waals surface area contributed by atoms with Crippen molar-refractivity contribution in [1.82, 2.24) is 0 Å². The van der Waals surface area contributed by atoms with Gasteiger partial charge in [0.25, 0.3) is 0 Å². The Hall–Kier alpha value is -3.24. The zero-order valence-corrected chi connectivity index (χ0v) is 65.7. The highest BCUT2D eigenvalue weighted by atomic mass is 31.2. The summed E-state index contributed by atoms with van der Waals surface area (Å²) >= 11 is 0. The van der Waals surface area contributed by atoms with Crippen molar-refractivity contribution >= 4 is 39.5 Å². The summed E-state index contributed by atoms with van der Waals surface area (Å²) in [7, 11) is -9.96. The van der Waals surface area contributed by atoms with Gasteiger partial charge in [0, 0.05) is 25.7 Å². The van der Waals surface area contributed by atoms with Crippen LogP contribution in [0.25, 0.3) is 0 Å². The monoisotopic (exact) mass is 1460 g/mol. The minimum absolute atomic E-state index is 0.0230. The van der Waals surface area contributed by atoms with Gasteiger partial charge >= 0.3 is 39.5 Å². The molecule has 0 aliphatic carbocycles. The molecule has 0 aromatic carbocycles. The van der Waals surface area contributed by atoms with Crippen molar-refractivity contribution in [2.24, 2.45) is 0 Å². The smallest absolute Gasteiger partial charge is 0.462 e. The number of aliphatic hydroxyl groups is 1. The number of carbonyl (C=O) groups excluding carboxylic acids is 4. The number of allylic oxidation sites excluding steroid dienone is 10. The molecule has 0 heterocycles. The van der Waals surface area contributed by atoms with Crippen LogP contribution in [0.3, 0.4) is 0 Å². The van der Waals surface area contributed by atoms with E-state index in [0.29, 0.717) is 32.1 Å². The molecule has 0 aliphatic heterocycles. The first-order chi connectivity index (χ1) is 48.7. The van der Waals surface area contributed by atoms with Crippen LogP contribution in [0.1, 0.15) is 374 Å². The van der Waals surface area contributed by atoms with Crippen molar-refractivity contribution < 1.29 is 80.2 Å². The average Bonchev–Trinajstić information content (AvgIpc) is 1.01. The third-order valence-electron chi connectivity index (χ3n) is 17.5. The third-order valence-corrected chi connectivity index (χ3v) is 19.4. The molecule has 100 heavy (non-hydrogen) atoms. The van der Waals surface area contributed by atoms with E-state index in [1.807, 2.05) is 18.2 Å². The maximum absolute atomic E-state index is 13.1. The standard InChI is InChI=1S/C81H148O17P2/c1-5-9-13-17-21-25-29-33-35-36-37-38-40-44-48-52-56-60-64-68-81(86)98-77(72-92-79(84)66-62-58-54-50-46-42-32-28-24-20-16-12-8-4)74-96-100(89,90)94-70-75(82)69-93-99(87,88)95-73-76(71-91-78(83)65-61-57-53-49-45-41-31-27-23-19-15-11-7-3)97-80(85)67-63-59-55-51-47-43-39-34-30-26-22-18-14-10-6-2/h21,25,33,35,37-38,44,48,56,60,75-77,82H,5-20,22-24,26-32,34,36,39-43,45-47,49-55,57-59,61-74H2,1-4H3,(H,87,88)(H,89,90)/b25-21-,35-33-,38-37-,48-44-,60-56-/t75-,76+,77+/m0/s1. The number of unbranched alkanes of at least 4 members (excludes halogenated alkanes) is 41. The van der Waals surface area contributed by atoms with E-state index in [9.17, 15) is 43.2 Å². The first-order valence-corrected chi connectivity index (χ1v) is 43.5. The Balaban J connectivity index is 5.37. The van der Waals surface area contributed by atoms with Crippen molar-refractivity contribution in [1.29, 1.82) is 0 Å². The minimum Gasteiger partial charge on any atom is -0.462 e. The Morgan fingerprint density at radius 3 is 0.810 bits per heavy atom. The summed E-state index contributed by atoms with van der Waals surface area (Å²) in [4.78, 5) is 72.9. The molecular weight excluding hydrogens is 1310 g/mol. The van der Waals surface area contributed by atoms with Gasteiger partial charge in [-0.3, -0.25) is 37.3 Å². The molecule has 5 atom stereocenters. The SMILES string of the molecule is CCCCC/C=C\C/C=C\C/C=C\C/C=C\C/C=C\CCC(=O)O[C@H](COC(=O)CCCCCCCCCCCCCCC)COP(=O)(O)OC[C@@H](O)COP(=O)(O)OC[C@@H](COC(=O)CCCCCCCCCCCCCCC)OC(=O)CCCCCCCCCCCCCCCCC. The molecule has 0 aromatic heterocycles. The molecule has 0 aliphatic rings. The maximum atomic E-state index is 13.1. The summed E-state index contributed by atoms with van der Waals surface area (Å²) in [6.07, 6.45) is 73.5. The number of hydrogen-bond donors (Lipinski definition) is 3. The van der Waals surface area contributed by atoms with E-state index in [1.54, 1.807) is 0 Å². The predicted molar refractivity (Wildman–Crippen MR) is 409 cm³/mol. The minimum atomic E-state index is -4.99. The molecule has 0 radical (unpaired) electrons. The Morgan fingerprint density at radius 1 is 0.280 bits per heavy atom. The number of carbonyl (C=O) groups is 4. The lowest BCUT2D eigenvalue weighted by Gasteiger charge is -2.21. The van der Waals surface area contributed by atoms with E-state index < -0.39 is 97.5 Å². The lowest BCUT2D eigenvalue weighted by atomic mass is 10.0. The molecule has 19 heteroatoms. The van der Waals surface area contributed by atoms with Crippen LogP contribution in [-0.2, 0) is 65.4 Å². The highest BCUT2D eigenvalue weighted by Crippen LogP contribution is 2.45. The number of aliphatic hydroxyl groups excluding tert-OH is 1. The van der Waals surface area contributed by atoms with Gasteiger partial charge in [0.1, 0.15) is 19.3 Å². The van der Waals surface area contributed by atoms with Gasteiger partial charge in [-0.25, -0.2) is 9.13 Å². The molecule has 0 bridgehead atoms. The van der Waals surface area contributed by atoms with Gasteiger partial charge in [0.2, 0.25) is 0 Å². The summed E-state index contributed by atoms with van der Waals surface area (Å²) < 4.78 is 68.5. The van der Waals surface area contributed by atoms with Crippen LogP contribution >= 0.6 is 15.6 Å². The second kappa shape index (κ2) is 74.0. The zero-order valence-electron chi connectivity index (χ0n) is 63.9. The molecule has 0 rings (SSSR count). The van der Waals surface area contributed by atoms with Crippen molar-refractivity contribution in [3.05, 3.63) is 60.8 Å². The Labute approximate surface area is 610 Å². The van der Waals surface area contributed by atoms with E-state index in [4.69, 9.17) is 37.0 Å². The van der Waals surface area contributed by atoms with Gasteiger partial charge in [0.15, 0.2) is 12.2 Å². The van der Waals surface area contributed by atoms with E-state index in [-0.39, 0.29) is 25.7 Å². The molecule has 3 N–H and O–H groups in total. The van der Waals surface area contributed by atoms with E-state index in [2.05, 4.69) is 70.2 Å². The van der Waals surface area contributed by atoms with E-state index >= 15 is 0 Å². The number of hydrogen-bond acceptors (Lipinski definition) is 15. The third kappa shape index (κ3) is 73.1. The van der Waals surface area contributed by atoms with Crippen LogP contribution in [0.5, 0.6) is 0 Å². The lowest BCUT2D eigenvalue weighted by Crippen LogP contribution is -2.30. The Bertz CT molecular complexity index is 2130. The number of ether oxygens (including phenoxy) is 4. The largest absolute Gasteiger partial charge is 0.472 e. The predicted octanol–water partition coefficient (Wildman–Crippen LogP) is 23.5. The van der Waals surface area contributed by atoms with Crippen LogP contribution in [0.15, 0.2) is 60.8 Å². The Kier molecular flexibility index (Phi) is 71.6. The summed E-state index contributed by atoms with van der Waals surface area (Å²) in [5.74, 6) is -2.23. The van der Waals surface area contributed by atoms with Gasteiger partial charge in [-0.1, -0.05) is 345 Å². The first-order valence-electron chi connectivity index (χ1n) is 40.5. The number of phosphoric acid groups is 2. The molecule has 0 aromatic rings. The lowest BCUT2D eigenvalue weighted by molar-refractivity contribution is -0.161. The first kappa shape index (κ1) is 96.8. The molecule has 0 saturated carbocycles. The second-order valence-corrected chi connectivity index (χ2v) is 30.3. The number of rotatable bonds is 77. The number of phosphoric ester groups is 2. The highest BCUT2D eigenvalue weighted by Gasteiger charge is 2.30. The van der Waals surface area contributed by atoms with Crippen LogP contribution < -0.4 is 0 Å². The fourth-order valence-electron chi connectivity index (χ4n) is 11.3. The fourth-order valence-corrected chi connectivity index (χ4v) is 12.9. The van der Waals surface area contributed by atoms with Gasteiger partial charge in [-0.05, 0) is 64.2 Å². The highest BCUT2D eigenvalue weighted by molar-refractivity contribution is 7.47. The molecule has 0 amide bonds. The molecule has 0 saturated heterocycles. The molecule has 0 spiro atoms. The van der Waals surface area contributed by atoms with Crippen molar-refractivity contribution in [2.75, 3.05) is 39.6 Å². The normalized spacial score (nSPS) is 14.2. The maximum Gasteiger partial charge on any atom is 0.472 e. The summed E-state index contributed by atoms with van der Waals surface area (Å²) in [5.41, 5.74) is 0. The van der Waals surface area contributed by atoms with E-state index in [0.717, 1.165) is 89.9 Å². The number of esters is 4. The van der Waals surface area contributed by atoms with Crippen molar-refractivity contribution in [2.45, 2.75) is 393 Å². The van der Waals surface area contributed by atoms with Crippen LogP contribution in [0.4, 0.5) is 0 Å². The molecule has 2 unspecified atom stereocenters. The van der Waals surface area contributed by atoms with Gasteiger partial charge in [-0.15, -0.1) is 0 Å². The molecule has 584 valence electrons. The molecule has 17 nitrogen and oxygen atoms in total. The summed E-state index contributed by atoms with van der Waals surface area (Å²) in [6, 6.07) is 0. The van der Waals surface area contributed by atoms with Crippen LogP contribution in [-0.4, -0.2) is 96.7 Å². The second-order valence-electron chi connectivity index (χ2n) is 27.4. The van der Waals surface area contributed by atoms with Crippen molar-refractivity contribution in [3.63, 3.8) is 0 Å². The van der Waals surface area contributed by atoms with E-state index in [1.165, 1.54) is 199 Å². The van der Waals surface area contributed by atoms with Crippen LogP contribution in [0, 0.1) is 0 Å². The van der Waals surface area contributed by atoms with Gasteiger partial charge in [-0.2, -0.15) is 0 Å².